The monoisotopic (exact) mass is 137 g/mol. The van der Waals surface area contributed by atoms with E-state index in [9.17, 15) is 4.79 Å². The van der Waals surface area contributed by atoms with E-state index in [1.165, 1.54) is 12.3 Å². The Morgan fingerprint density at radius 3 is 2.90 bits per heavy atom. The summed E-state index contributed by atoms with van der Waals surface area (Å²) in [5.41, 5.74) is 1.01. The lowest BCUT2D eigenvalue weighted by Crippen LogP contribution is -1.85. The normalized spacial score (nSPS) is 9.30. The van der Waals surface area contributed by atoms with E-state index in [2.05, 4.69) is 4.98 Å². The van der Waals surface area contributed by atoms with Crippen LogP contribution in [-0.2, 0) is 0 Å². The third kappa shape index (κ3) is 1.13. The molecule has 0 spiro atoms. The Labute approximate surface area is 58.3 Å². The Kier molecular flexibility index (Phi) is 1.67. The van der Waals surface area contributed by atoms with Crippen LogP contribution in [0.4, 0.5) is 0 Å². The molecule has 3 nitrogen and oxygen atoms in total. The summed E-state index contributed by atoms with van der Waals surface area (Å²) in [7, 11) is 0. The van der Waals surface area contributed by atoms with Gasteiger partial charge in [-0.1, -0.05) is 0 Å². The van der Waals surface area contributed by atoms with Gasteiger partial charge in [-0.05, 0) is 13.0 Å². The van der Waals surface area contributed by atoms with Crippen LogP contribution in [0.25, 0.3) is 0 Å². The van der Waals surface area contributed by atoms with Gasteiger partial charge in [0.15, 0.2) is 6.29 Å². The van der Waals surface area contributed by atoms with Crippen molar-refractivity contribution in [3.63, 3.8) is 0 Å². The summed E-state index contributed by atoms with van der Waals surface area (Å²) < 4.78 is 0. The third-order valence-corrected chi connectivity index (χ3v) is 1.18. The van der Waals surface area contributed by atoms with E-state index in [-0.39, 0.29) is 11.3 Å². The molecule has 1 heterocycles. The van der Waals surface area contributed by atoms with E-state index in [1.807, 2.05) is 0 Å². The molecule has 0 radical (unpaired) electrons. The highest BCUT2D eigenvalue weighted by Gasteiger charge is 1.98. The maximum absolute atomic E-state index is 10.2. The maximum Gasteiger partial charge on any atom is 0.153 e. The lowest BCUT2D eigenvalue weighted by molar-refractivity contribution is 0.112. The van der Waals surface area contributed by atoms with E-state index in [4.69, 9.17) is 5.11 Å². The molecule has 0 bridgehead atoms. The lowest BCUT2D eigenvalue weighted by atomic mass is 10.2. The summed E-state index contributed by atoms with van der Waals surface area (Å²) in [5.74, 6) is -0.0689. The second-order valence-electron chi connectivity index (χ2n) is 2.00. The molecule has 1 aromatic rings. The zero-order valence-corrected chi connectivity index (χ0v) is 5.53. The highest BCUT2D eigenvalue weighted by atomic mass is 16.3. The van der Waals surface area contributed by atoms with Crippen LogP contribution in [0.15, 0.2) is 12.3 Å². The summed E-state index contributed by atoms with van der Waals surface area (Å²) in [6, 6.07) is 1.53. The number of carbonyl (C=O) groups is 1. The summed E-state index contributed by atoms with van der Waals surface area (Å²) in [4.78, 5) is 14.0. The average molecular weight is 137 g/mol. The molecule has 0 atom stereocenters. The number of aromatic nitrogens is 1. The molecular formula is C7H7NO2. The van der Waals surface area contributed by atoms with Gasteiger partial charge in [-0.3, -0.25) is 9.78 Å². The Bertz CT molecular complexity index is 258. The fourth-order valence-electron chi connectivity index (χ4n) is 0.668. The molecule has 1 rings (SSSR count). The van der Waals surface area contributed by atoms with Gasteiger partial charge in [0, 0.05) is 5.69 Å². The highest BCUT2D eigenvalue weighted by molar-refractivity contribution is 5.78. The van der Waals surface area contributed by atoms with Gasteiger partial charge in [0.25, 0.3) is 0 Å². The molecule has 52 valence electrons. The molecule has 1 aromatic heterocycles. The molecule has 0 unspecified atom stereocenters. The van der Waals surface area contributed by atoms with Crippen molar-refractivity contribution >= 4 is 6.29 Å². The Balaban J connectivity index is 3.21. The van der Waals surface area contributed by atoms with Crippen molar-refractivity contribution in [2.24, 2.45) is 0 Å². The smallest absolute Gasteiger partial charge is 0.153 e. The van der Waals surface area contributed by atoms with E-state index in [0.29, 0.717) is 6.29 Å². The average Bonchev–Trinajstić information content (AvgIpc) is 1.94. The molecule has 0 fully saturated rings. The summed E-state index contributed by atoms with van der Waals surface area (Å²) in [6.45, 7) is 1.76. The minimum atomic E-state index is -0.0689. The number of hydrogen-bond donors (Lipinski definition) is 1. The van der Waals surface area contributed by atoms with Crippen LogP contribution in [0.1, 0.15) is 16.1 Å². The molecule has 0 aliphatic heterocycles. The number of carbonyl (C=O) groups excluding carboxylic acids is 1. The molecule has 0 amide bonds. The van der Waals surface area contributed by atoms with E-state index in [0.717, 1.165) is 5.69 Å². The number of nitrogens with zero attached hydrogens (tertiary/aromatic N) is 1. The Morgan fingerprint density at radius 1 is 1.70 bits per heavy atom. The molecule has 0 saturated carbocycles. The van der Waals surface area contributed by atoms with Crippen LogP contribution in [0.2, 0.25) is 0 Å². The van der Waals surface area contributed by atoms with Crippen LogP contribution in [0.5, 0.6) is 5.75 Å². The SMILES string of the molecule is Cc1cc(C=O)c(O)cn1. The first-order valence-electron chi connectivity index (χ1n) is 2.85. The minimum Gasteiger partial charge on any atom is -0.506 e. The number of aryl methyl sites for hydroxylation is 1. The first kappa shape index (κ1) is 6.74. The van der Waals surface area contributed by atoms with Gasteiger partial charge in [0.2, 0.25) is 0 Å². The second kappa shape index (κ2) is 2.47. The zero-order chi connectivity index (χ0) is 7.56. The van der Waals surface area contributed by atoms with Gasteiger partial charge in [0.1, 0.15) is 5.75 Å². The Hall–Kier alpha value is -1.38. The van der Waals surface area contributed by atoms with Crippen molar-refractivity contribution in [2.45, 2.75) is 6.92 Å². The summed E-state index contributed by atoms with van der Waals surface area (Å²) in [5, 5.41) is 8.94. The van der Waals surface area contributed by atoms with Gasteiger partial charge < -0.3 is 5.11 Å². The number of aromatic hydroxyl groups is 1. The van der Waals surface area contributed by atoms with Gasteiger partial charge in [0.05, 0.1) is 11.8 Å². The fourth-order valence-corrected chi connectivity index (χ4v) is 0.668. The van der Waals surface area contributed by atoms with Crippen LogP contribution >= 0.6 is 0 Å². The van der Waals surface area contributed by atoms with Crippen LogP contribution in [0, 0.1) is 6.92 Å². The molecule has 0 aliphatic carbocycles. The van der Waals surface area contributed by atoms with Crippen molar-refractivity contribution < 1.29 is 9.90 Å². The van der Waals surface area contributed by atoms with Gasteiger partial charge in [-0.25, -0.2) is 0 Å². The van der Waals surface area contributed by atoms with Crippen molar-refractivity contribution in [3.8, 4) is 5.75 Å². The van der Waals surface area contributed by atoms with Gasteiger partial charge >= 0.3 is 0 Å². The zero-order valence-electron chi connectivity index (χ0n) is 5.53. The topological polar surface area (TPSA) is 50.2 Å². The number of pyridine rings is 1. The molecule has 3 heteroatoms. The van der Waals surface area contributed by atoms with Crippen LogP contribution in [-0.4, -0.2) is 16.4 Å². The third-order valence-electron chi connectivity index (χ3n) is 1.18. The maximum atomic E-state index is 10.2. The predicted molar refractivity (Wildman–Crippen MR) is 36.0 cm³/mol. The molecule has 0 aliphatic rings. The standard InChI is InChI=1S/C7H7NO2/c1-5-2-6(4-9)7(10)3-8-5/h2-4,10H,1H3. The molecule has 0 saturated heterocycles. The van der Waals surface area contributed by atoms with Crippen molar-refractivity contribution in [3.05, 3.63) is 23.5 Å². The summed E-state index contributed by atoms with van der Waals surface area (Å²) in [6.07, 6.45) is 1.86. The van der Waals surface area contributed by atoms with Crippen LogP contribution in [0.3, 0.4) is 0 Å². The van der Waals surface area contributed by atoms with Crippen molar-refractivity contribution in [2.75, 3.05) is 0 Å². The van der Waals surface area contributed by atoms with Crippen LogP contribution < -0.4 is 0 Å². The van der Waals surface area contributed by atoms with Gasteiger partial charge in [-0.2, -0.15) is 0 Å². The van der Waals surface area contributed by atoms with Crippen molar-refractivity contribution in [1.29, 1.82) is 0 Å². The first-order chi connectivity index (χ1) is 4.74. The van der Waals surface area contributed by atoms with E-state index >= 15 is 0 Å². The number of hydrogen-bond acceptors (Lipinski definition) is 3. The minimum absolute atomic E-state index is 0.0689. The predicted octanol–water partition coefficient (Wildman–Crippen LogP) is 0.908. The highest BCUT2D eigenvalue weighted by Crippen LogP contribution is 2.12. The molecule has 1 N–H and O–H groups in total. The summed E-state index contributed by atoms with van der Waals surface area (Å²) >= 11 is 0. The number of rotatable bonds is 1. The number of aldehydes is 1. The largest absolute Gasteiger partial charge is 0.506 e. The fraction of sp³-hybridized carbons (Fsp3) is 0.143. The van der Waals surface area contributed by atoms with E-state index in [1.54, 1.807) is 6.92 Å². The van der Waals surface area contributed by atoms with Crippen molar-refractivity contribution in [1.82, 2.24) is 4.98 Å². The first-order valence-corrected chi connectivity index (χ1v) is 2.85. The second-order valence-corrected chi connectivity index (χ2v) is 2.00. The van der Waals surface area contributed by atoms with Gasteiger partial charge in [-0.15, -0.1) is 0 Å². The van der Waals surface area contributed by atoms with E-state index < -0.39 is 0 Å². The quantitative estimate of drug-likeness (QED) is 0.585. The molecule has 0 aromatic carbocycles. The molecule has 10 heavy (non-hydrogen) atoms. The Morgan fingerprint density at radius 2 is 2.40 bits per heavy atom. The molecular weight excluding hydrogens is 130 g/mol. The lowest BCUT2D eigenvalue weighted by Gasteiger charge is -1.95.